The van der Waals surface area contributed by atoms with Crippen LogP contribution >= 0.6 is 0 Å². The van der Waals surface area contributed by atoms with Crippen molar-refractivity contribution >= 4 is 5.97 Å². The molecular weight excluding hydrogens is 242 g/mol. The molecule has 0 spiro atoms. The number of piperidine rings is 1. The van der Waals surface area contributed by atoms with Gasteiger partial charge in [-0.2, -0.15) is 0 Å². The van der Waals surface area contributed by atoms with Gasteiger partial charge in [0.05, 0.1) is 5.56 Å². The first-order chi connectivity index (χ1) is 9.22. The summed E-state index contributed by atoms with van der Waals surface area (Å²) in [6.45, 7) is 2.20. The van der Waals surface area contributed by atoms with Gasteiger partial charge in [-0.05, 0) is 56.5 Å². The molecule has 0 aromatic heterocycles. The van der Waals surface area contributed by atoms with Crippen LogP contribution in [0.5, 0.6) is 5.75 Å². The van der Waals surface area contributed by atoms with E-state index >= 15 is 0 Å². The number of hydrogen-bond donors (Lipinski definition) is 1. The third-order valence-corrected chi connectivity index (χ3v) is 3.88. The Morgan fingerprint density at radius 1 is 1.21 bits per heavy atom. The number of carbonyl (C=O) groups is 1. The van der Waals surface area contributed by atoms with Gasteiger partial charge in [0, 0.05) is 12.6 Å². The Morgan fingerprint density at radius 2 is 1.95 bits per heavy atom. The molecule has 1 aromatic rings. The molecule has 1 heterocycles. The number of hydrogen-bond acceptors (Lipinski definition) is 3. The van der Waals surface area contributed by atoms with E-state index in [-0.39, 0.29) is 6.10 Å². The van der Waals surface area contributed by atoms with Crippen LogP contribution < -0.4 is 4.74 Å². The number of nitrogens with zero attached hydrogens (tertiary/aromatic N) is 1. The number of rotatable bonds is 4. The summed E-state index contributed by atoms with van der Waals surface area (Å²) in [4.78, 5) is 13.3. The summed E-state index contributed by atoms with van der Waals surface area (Å²) in [5.74, 6) is -0.128. The number of benzene rings is 1. The normalized spacial score (nSPS) is 24.1. The predicted molar refractivity (Wildman–Crippen MR) is 71.6 cm³/mol. The first-order valence-corrected chi connectivity index (χ1v) is 6.96. The van der Waals surface area contributed by atoms with E-state index < -0.39 is 5.97 Å². The summed E-state index contributed by atoms with van der Waals surface area (Å²) in [7, 11) is 0. The summed E-state index contributed by atoms with van der Waals surface area (Å²) in [6, 6.07) is 7.48. The highest BCUT2D eigenvalue weighted by atomic mass is 16.5. The summed E-state index contributed by atoms with van der Waals surface area (Å²) in [5.41, 5.74) is 0.301. The van der Waals surface area contributed by atoms with E-state index in [9.17, 15) is 4.79 Å². The monoisotopic (exact) mass is 261 g/mol. The molecule has 3 rings (SSSR count). The zero-order valence-corrected chi connectivity index (χ0v) is 10.9. The lowest BCUT2D eigenvalue weighted by atomic mass is 10.1. The first kappa shape index (κ1) is 12.5. The highest BCUT2D eigenvalue weighted by molar-refractivity contribution is 5.87. The van der Waals surface area contributed by atoms with Crippen molar-refractivity contribution in [3.8, 4) is 5.75 Å². The van der Waals surface area contributed by atoms with Crippen molar-refractivity contribution in [2.75, 3.05) is 13.1 Å². The van der Waals surface area contributed by atoms with E-state index in [1.807, 2.05) is 0 Å². The number of carboxylic acids is 1. The van der Waals surface area contributed by atoms with E-state index in [0.717, 1.165) is 24.8 Å². The van der Waals surface area contributed by atoms with Crippen LogP contribution in [-0.2, 0) is 0 Å². The third-order valence-electron chi connectivity index (χ3n) is 3.88. The number of carboxylic acid groups (broad SMARTS) is 1. The second kappa shape index (κ2) is 5.21. The van der Waals surface area contributed by atoms with Gasteiger partial charge in [0.15, 0.2) is 0 Å². The van der Waals surface area contributed by atoms with Crippen molar-refractivity contribution in [1.82, 2.24) is 4.90 Å². The SMILES string of the molecule is O=C(O)c1ccc(OC2CCCN(C3CC3)C2)cc1. The molecule has 0 bridgehead atoms. The van der Waals surface area contributed by atoms with Gasteiger partial charge in [-0.15, -0.1) is 0 Å². The maximum absolute atomic E-state index is 10.8. The minimum atomic E-state index is -0.899. The first-order valence-electron chi connectivity index (χ1n) is 6.96. The Bertz CT molecular complexity index is 453. The molecule has 102 valence electrons. The quantitative estimate of drug-likeness (QED) is 0.904. The van der Waals surface area contributed by atoms with Crippen LogP contribution in [0.2, 0.25) is 0 Å². The standard InChI is InChI=1S/C15H19NO3/c17-15(18)11-3-7-13(8-4-11)19-14-2-1-9-16(10-14)12-5-6-12/h3-4,7-8,12,14H,1-2,5-6,9-10H2,(H,17,18). The second-order valence-electron chi connectivity index (χ2n) is 5.44. The number of likely N-dealkylation sites (tertiary alicyclic amines) is 1. The van der Waals surface area contributed by atoms with E-state index in [4.69, 9.17) is 9.84 Å². The molecule has 1 saturated carbocycles. The van der Waals surface area contributed by atoms with Crippen LogP contribution in [0.25, 0.3) is 0 Å². The number of aromatic carboxylic acids is 1. The van der Waals surface area contributed by atoms with Gasteiger partial charge in [-0.1, -0.05) is 0 Å². The molecule has 1 unspecified atom stereocenters. The fourth-order valence-electron chi connectivity index (χ4n) is 2.70. The molecule has 0 amide bonds. The summed E-state index contributed by atoms with van der Waals surface area (Å²) in [5, 5.41) is 8.85. The Kier molecular flexibility index (Phi) is 3.42. The smallest absolute Gasteiger partial charge is 0.335 e. The van der Waals surface area contributed by atoms with Gasteiger partial charge in [0.1, 0.15) is 11.9 Å². The molecule has 4 nitrogen and oxygen atoms in total. The van der Waals surface area contributed by atoms with Crippen LogP contribution in [0.15, 0.2) is 24.3 Å². The largest absolute Gasteiger partial charge is 0.489 e. The Balaban J connectivity index is 1.59. The van der Waals surface area contributed by atoms with Crippen LogP contribution in [0.3, 0.4) is 0 Å². The highest BCUT2D eigenvalue weighted by Gasteiger charge is 2.33. The highest BCUT2D eigenvalue weighted by Crippen LogP contribution is 2.30. The molecule has 1 atom stereocenters. The summed E-state index contributed by atoms with van der Waals surface area (Å²) < 4.78 is 5.96. The van der Waals surface area contributed by atoms with Crippen LogP contribution in [-0.4, -0.2) is 41.2 Å². The maximum Gasteiger partial charge on any atom is 0.335 e. The zero-order chi connectivity index (χ0) is 13.2. The van der Waals surface area contributed by atoms with Gasteiger partial charge in [-0.25, -0.2) is 4.79 Å². The van der Waals surface area contributed by atoms with Gasteiger partial charge >= 0.3 is 5.97 Å². The lowest BCUT2D eigenvalue weighted by Crippen LogP contribution is -2.42. The zero-order valence-electron chi connectivity index (χ0n) is 10.9. The van der Waals surface area contributed by atoms with Crippen LogP contribution in [0.4, 0.5) is 0 Å². The van der Waals surface area contributed by atoms with Crippen molar-refractivity contribution in [3.63, 3.8) is 0 Å². The molecule has 2 fully saturated rings. The molecule has 4 heteroatoms. The van der Waals surface area contributed by atoms with E-state index in [1.165, 1.54) is 25.8 Å². The molecule has 1 aliphatic heterocycles. The van der Waals surface area contributed by atoms with Crippen molar-refractivity contribution in [2.24, 2.45) is 0 Å². The van der Waals surface area contributed by atoms with Crippen molar-refractivity contribution in [2.45, 2.75) is 37.8 Å². The lowest BCUT2D eigenvalue weighted by Gasteiger charge is -2.32. The predicted octanol–water partition coefficient (Wildman–Crippen LogP) is 2.39. The third kappa shape index (κ3) is 3.07. The average molecular weight is 261 g/mol. The minimum absolute atomic E-state index is 0.241. The molecule has 1 N–H and O–H groups in total. The maximum atomic E-state index is 10.8. The molecular formula is C15H19NO3. The molecule has 1 aromatic carbocycles. The summed E-state index contributed by atoms with van der Waals surface area (Å²) in [6.07, 6.45) is 5.18. The van der Waals surface area contributed by atoms with Crippen molar-refractivity contribution in [3.05, 3.63) is 29.8 Å². The van der Waals surface area contributed by atoms with E-state index in [0.29, 0.717) is 5.56 Å². The fraction of sp³-hybridized carbons (Fsp3) is 0.533. The minimum Gasteiger partial charge on any atom is -0.489 e. The van der Waals surface area contributed by atoms with Crippen LogP contribution in [0, 0.1) is 0 Å². The molecule has 19 heavy (non-hydrogen) atoms. The van der Waals surface area contributed by atoms with Gasteiger partial charge in [0.25, 0.3) is 0 Å². The molecule has 1 aliphatic carbocycles. The topological polar surface area (TPSA) is 49.8 Å². The van der Waals surface area contributed by atoms with Gasteiger partial charge in [-0.3, -0.25) is 4.90 Å². The van der Waals surface area contributed by atoms with E-state index in [2.05, 4.69) is 4.90 Å². The molecule has 0 radical (unpaired) electrons. The second-order valence-corrected chi connectivity index (χ2v) is 5.44. The van der Waals surface area contributed by atoms with E-state index in [1.54, 1.807) is 24.3 Å². The lowest BCUT2D eigenvalue weighted by molar-refractivity contribution is 0.0696. The Morgan fingerprint density at radius 3 is 2.58 bits per heavy atom. The molecule has 2 aliphatic rings. The van der Waals surface area contributed by atoms with Crippen molar-refractivity contribution in [1.29, 1.82) is 0 Å². The Labute approximate surface area is 113 Å². The fourth-order valence-corrected chi connectivity index (χ4v) is 2.70. The number of ether oxygens (including phenoxy) is 1. The van der Waals surface area contributed by atoms with Gasteiger partial charge < -0.3 is 9.84 Å². The van der Waals surface area contributed by atoms with Crippen molar-refractivity contribution < 1.29 is 14.6 Å². The summed E-state index contributed by atoms with van der Waals surface area (Å²) >= 11 is 0. The van der Waals surface area contributed by atoms with Crippen LogP contribution in [0.1, 0.15) is 36.0 Å². The Hall–Kier alpha value is -1.55. The van der Waals surface area contributed by atoms with Gasteiger partial charge in [0.2, 0.25) is 0 Å². The molecule has 1 saturated heterocycles. The average Bonchev–Trinajstić information content (AvgIpc) is 3.24.